The summed E-state index contributed by atoms with van der Waals surface area (Å²) in [5.74, 6) is -0.377. The summed E-state index contributed by atoms with van der Waals surface area (Å²) < 4.78 is 143. The molecule has 0 amide bonds. The van der Waals surface area contributed by atoms with Gasteiger partial charge < -0.3 is 13.9 Å². The average molecular weight is 973 g/mol. The molecule has 3 aromatic heterocycles. The fraction of sp³-hybridized carbons (Fsp3) is 0.111. The quantitative estimate of drug-likeness (QED) is 0.112. The second-order valence-corrected chi connectivity index (χ2v) is 14.9. The van der Waals surface area contributed by atoms with Crippen molar-refractivity contribution in [2.75, 3.05) is 0 Å². The topological polar surface area (TPSA) is 35.9 Å². The molecule has 6 heteroatoms. The summed E-state index contributed by atoms with van der Waals surface area (Å²) in [5, 5.41) is 0.712. The van der Waals surface area contributed by atoms with Crippen LogP contribution in [0, 0.1) is 23.9 Å². The van der Waals surface area contributed by atoms with Crippen LogP contribution in [0.2, 0.25) is 0 Å². The molecule has 0 radical (unpaired) electrons. The normalized spacial score (nSPS) is 16.2. The summed E-state index contributed by atoms with van der Waals surface area (Å²) in [4.78, 5) is 4.66. The molecule has 3 heterocycles. The van der Waals surface area contributed by atoms with E-state index >= 15 is 0 Å². The fourth-order valence-electron chi connectivity index (χ4n) is 7.22. The molecule has 0 aliphatic heterocycles. The van der Waals surface area contributed by atoms with E-state index in [2.05, 4.69) is 23.4 Å². The van der Waals surface area contributed by atoms with Crippen molar-refractivity contribution in [1.82, 2.24) is 14.1 Å². The Morgan fingerprint density at radius 1 is 0.700 bits per heavy atom. The van der Waals surface area contributed by atoms with Gasteiger partial charge in [0.05, 0.1) is 35.9 Å². The van der Waals surface area contributed by atoms with Gasteiger partial charge in [-0.2, -0.15) is 18.2 Å². The summed E-state index contributed by atoms with van der Waals surface area (Å²) in [7, 11) is 0. The first-order valence-electron chi connectivity index (χ1n) is 26.3. The van der Waals surface area contributed by atoms with Crippen molar-refractivity contribution >= 4 is 32.8 Å². The maximum absolute atomic E-state index is 9.34. The Kier molecular flexibility index (Phi) is 6.67. The van der Waals surface area contributed by atoms with Gasteiger partial charge in [-0.25, -0.2) is 4.98 Å². The van der Waals surface area contributed by atoms with E-state index in [1.807, 2.05) is 27.7 Å². The third kappa shape index (κ3) is 7.03. The molecule has 60 heavy (non-hydrogen) atoms. The Bertz CT molecular complexity index is 3890. The van der Waals surface area contributed by atoms with E-state index in [0.717, 1.165) is 0 Å². The molecule has 0 spiro atoms. The number of imidazole rings is 1. The van der Waals surface area contributed by atoms with Gasteiger partial charge in [0, 0.05) is 45.6 Å². The van der Waals surface area contributed by atoms with Gasteiger partial charge in [-0.05, 0) is 68.4 Å². The molecule has 0 bridgehead atoms. The predicted molar refractivity (Wildman–Crippen MR) is 239 cm³/mol. The fourth-order valence-corrected chi connectivity index (χ4v) is 7.22. The van der Waals surface area contributed by atoms with Crippen molar-refractivity contribution in [3.8, 4) is 50.9 Å². The Balaban J connectivity index is 0.00000689. The van der Waals surface area contributed by atoms with E-state index in [1.165, 1.54) is 6.07 Å². The standard InChI is InChI=1S/C54H42N4O.Pt/c1-37(54(2,3)4)40-31-32-55-52(33-40)58-48-26-12-11-23-46(48)47-30-29-43(35-51(47)58)59-42-22-15-21-41(34-42)56-36-57(50-28-14-13-27-49(50)56)53-44(38-17-7-5-8-18-38)24-16-25-45(53)39-19-9-6-10-20-39;/h5-33,37H,1-4H3;/q-2;/i5D,6D,7D,8D,9D,10D,11D,12D,17D,18D,19D,20D,23D,26D,37D;. The number of fused-ring (bicyclic) bond motifs is 4. The monoisotopic (exact) mass is 972 g/mol. The third-order valence-corrected chi connectivity index (χ3v) is 10.4. The van der Waals surface area contributed by atoms with Gasteiger partial charge in [0.25, 0.3) is 6.33 Å². The van der Waals surface area contributed by atoms with Crippen molar-refractivity contribution < 1.29 is 50.9 Å². The second-order valence-electron chi connectivity index (χ2n) is 14.9. The molecular weight excluding hydrogens is 916 g/mol. The summed E-state index contributed by atoms with van der Waals surface area (Å²) in [6.45, 7) is 7.71. The molecule has 5 nitrogen and oxygen atoms in total. The molecule has 0 saturated carbocycles. The van der Waals surface area contributed by atoms with E-state index in [0.29, 0.717) is 39.0 Å². The third-order valence-electron chi connectivity index (χ3n) is 10.4. The van der Waals surface area contributed by atoms with E-state index in [4.69, 9.17) is 23.9 Å². The minimum Gasteiger partial charge on any atom is -0.510 e. The predicted octanol–water partition coefficient (Wildman–Crippen LogP) is 13.1. The zero-order valence-corrected chi connectivity index (χ0v) is 34.9. The number of hydrogen-bond acceptors (Lipinski definition) is 2. The first-order valence-corrected chi connectivity index (χ1v) is 18.8. The zero-order chi connectivity index (χ0) is 53.2. The van der Waals surface area contributed by atoms with E-state index in [1.54, 1.807) is 98.8 Å². The number of ether oxygens (including phenoxy) is 1. The van der Waals surface area contributed by atoms with Gasteiger partial charge in [0.15, 0.2) is 0 Å². The van der Waals surface area contributed by atoms with Crippen LogP contribution in [0.15, 0.2) is 176 Å². The smallest absolute Gasteiger partial charge is 0.268 e. The second kappa shape index (κ2) is 15.9. The minimum absolute atomic E-state index is 0. The molecule has 1 unspecified atom stereocenters. The van der Waals surface area contributed by atoms with Gasteiger partial charge in [-0.3, -0.25) is 4.57 Å². The van der Waals surface area contributed by atoms with Crippen molar-refractivity contribution in [2.45, 2.75) is 33.6 Å². The molecule has 296 valence electrons. The van der Waals surface area contributed by atoms with Gasteiger partial charge in [0.2, 0.25) is 0 Å². The number of aromatic nitrogens is 4. The number of nitrogens with zero attached hydrogens (tertiary/aromatic N) is 4. The van der Waals surface area contributed by atoms with Crippen LogP contribution in [0.5, 0.6) is 11.5 Å². The van der Waals surface area contributed by atoms with Gasteiger partial charge in [-0.15, -0.1) is 29.7 Å². The summed E-state index contributed by atoms with van der Waals surface area (Å²) in [5.41, 5.74) is 1.98. The van der Waals surface area contributed by atoms with Crippen molar-refractivity contribution in [2.24, 2.45) is 5.41 Å². The summed E-state index contributed by atoms with van der Waals surface area (Å²) in [6, 6.07) is 23.2. The molecular formula is C54H42N4OPt-2. The van der Waals surface area contributed by atoms with Crippen molar-refractivity contribution in [3.63, 3.8) is 0 Å². The van der Waals surface area contributed by atoms with Gasteiger partial charge >= 0.3 is 0 Å². The molecule has 0 aliphatic rings. The molecule has 0 N–H and O–H groups in total. The number of benzene rings is 7. The molecule has 1 atom stereocenters. The van der Waals surface area contributed by atoms with Crippen LogP contribution >= 0.6 is 0 Å². The summed E-state index contributed by atoms with van der Waals surface area (Å²) in [6.07, 6.45) is 4.92. The maximum Gasteiger partial charge on any atom is 0.268 e. The number of pyridine rings is 1. The molecule has 0 saturated heterocycles. The van der Waals surface area contributed by atoms with Gasteiger partial charge in [0.1, 0.15) is 5.82 Å². The Morgan fingerprint density at radius 2 is 1.37 bits per heavy atom. The first-order chi connectivity index (χ1) is 35.0. The Hall–Kier alpha value is -6.55. The SMILES string of the molecule is [2H]c1c([2H])c([2H])c(-c2cccc(-c3c([2H])c([2H])c([2H])c([2H])c3[2H])c2-[n+]2[c-]n(-c3[c-]c(Oc4[c-]c5c(cc4)c4c([2H])c([2H])c([2H])c([2H])c4n5-c4cc(C([2H])(C)C(C)(C)C)ccn4)ccc3)c3ccccc32)c([2H])c1[2H].[Pt]. The molecule has 10 aromatic rings. The van der Waals surface area contributed by atoms with Crippen LogP contribution in [0.3, 0.4) is 0 Å². The molecule has 0 aliphatic carbocycles. The Morgan fingerprint density at radius 3 is 2.10 bits per heavy atom. The maximum atomic E-state index is 9.34. The molecule has 7 aromatic carbocycles. The van der Waals surface area contributed by atoms with Crippen LogP contribution in [-0.4, -0.2) is 14.1 Å². The van der Waals surface area contributed by atoms with Crippen LogP contribution in [0.25, 0.3) is 72.3 Å². The zero-order valence-electron chi connectivity index (χ0n) is 47.7. The van der Waals surface area contributed by atoms with Crippen LogP contribution < -0.4 is 9.30 Å². The van der Waals surface area contributed by atoms with E-state index in [9.17, 15) is 1.37 Å². The van der Waals surface area contributed by atoms with Crippen LogP contribution in [-0.2, 0) is 21.1 Å². The van der Waals surface area contributed by atoms with Crippen molar-refractivity contribution in [1.29, 1.82) is 0 Å². The van der Waals surface area contributed by atoms with Crippen molar-refractivity contribution in [3.05, 3.63) is 200 Å². The summed E-state index contributed by atoms with van der Waals surface area (Å²) >= 11 is 0. The number of hydrogen-bond donors (Lipinski definition) is 0. The minimum atomic E-state index is -1.08. The van der Waals surface area contributed by atoms with Gasteiger partial charge in [-0.1, -0.05) is 154 Å². The average Bonchev–Trinajstić information content (AvgIpc) is 3.97. The molecule has 10 rings (SSSR count). The first kappa shape index (κ1) is 25.2. The number of para-hydroxylation sites is 4. The van der Waals surface area contributed by atoms with Crippen LogP contribution in [0.1, 0.15) is 59.7 Å². The largest absolute Gasteiger partial charge is 0.510 e. The van der Waals surface area contributed by atoms with E-state index in [-0.39, 0.29) is 83.5 Å². The van der Waals surface area contributed by atoms with Crippen LogP contribution in [0.4, 0.5) is 0 Å². The molecule has 0 fully saturated rings. The van der Waals surface area contributed by atoms with E-state index < -0.39 is 83.8 Å². The Labute approximate surface area is 386 Å². The number of rotatable bonds is 8.